The van der Waals surface area contributed by atoms with Gasteiger partial charge in [0.15, 0.2) is 0 Å². The second-order valence-corrected chi connectivity index (χ2v) is 9.48. The van der Waals surface area contributed by atoms with Crippen LogP contribution in [0.3, 0.4) is 0 Å². The zero-order chi connectivity index (χ0) is 22.1. The molecule has 0 atom stereocenters. The number of hydrogen-bond acceptors (Lipinski definition) is 8. The maximum absolute atomic E-state index is 12.4. The summed E-state index contributed by atoms with van der Waals surface area (Å²) in [6.07, 6.45) is 0.440. The smallest absolute Gasteiger partial charge is 0.410 e. The number of piperazine rings is 1. The number of carbonyl (C=O) groups is 2. The molecule has 10 heteroatoms. The first-order valence-corrected chi connectivity index (χ1v) is 11.2. The maximum atomic E-state index is 12.4. The van der Waals surface area contributed by atoms with Crippen molar-refractivity contribution in [1.29, 1.82) is 0 Å². The Bertz CT molecular complexity index is 948. The predicted octanol–water partition coefficient (Wildman–Crippen LogP) is 4.28. The van der Waals surface area contributed by atoms with Crippen LogP contribution in [0.2, 0.25) is 5.28 Å². The van der Waals surface area contributed by atoms with E-state index in [2.05, 4.69) is 14.9 Å². The van der Waals surface area contributed by atoms with E-state index < -0.39 is 5.60 Å². The second kappa shape index (κ2) is 8.93. The monoisotopic (exact) mass is 454 g/mol. The first-order chi connectivity index (χ1) is 14.1. The van der Waals surface area contributed by atoms with Crippen LogP contribution in [0.25, 0.3) is 10.2 Å². The van der Waals surface area contributed by atoms with Crippen molar-refractivity contribution in [3.8, 4) is 0 Å². The minimum Gasteiger partial charge on any atom is -0.462 e. The molecule has 30 heavy (non-hydrogen) atoms. The average Bonchev–Trinajstić information content (AvgIpc) is 3.00. The van der Waals surface area contributed by atoms with Gasteiger partial charge < -0.3 is 19.3 Å². The van der Waals surface area contributed by atoms with Crippen molar-refractivity contribution in [2.24, 2.45) is 0 Å². The minimum atomic E-state index is -0.531. The SMILES string of the molecule is CCCOC(=O)c1sc2nc(Cl)nc(N3CCN(C(=O)OC(C)(C)C)CC3)c2c1C. The van der Waals surface area contributed by atoms with Gasteiger partial charge in [-0.1, -0.05) is 6.92 Å². The molecule has 0 unspecified atom stereocenters. The number of fused-ring (bicyclic) bond motifs is 1. The van der Waals surface area contributed by atoms with E-state index in [9.17, 15) is 9.59 Å². The van der Waals surface area contributed by atoms with Crippen LogP contribution in [0.5, 0.6) is 0 Å². The number of halogens is 1. The Balaban J connectivity index is 1.84. The third kappa shape index (κ3) is 4.95. The molecule has 164 valence electrons. The van der Waals surface area contributed by atoms with Crippen LogP contribution in [0.15, 0.2) is 0 Å². The van der Waals surface area contributed by atoms with Crippen LogP contribution in [0.4, 0.5) is 10.6 Å². The van der Waals surface area contributed by atoms with Gasteiger partial charge in [0, 0.05) is 26.2 Å². The van der Waals surface area contributed by atoms with E-state index >= 15 is 0 Å². The molecule has 3 heterocycles. The Morgan fingerprint density at radius 2 is 1.83 bits per heavy atom. The van der Waals surface area contributed by atoms with Gasteiger partial charge in [-0.3, -0.25) is 0 Å². The number of carbonyl (C=O) groups excluding carboxylic acids is 2. The second-order valence-electron chi connectivity index (χ2n) is 8.14. The average molecular weight is 455 g/mol. The molecule has 0 radical (unpaired) electrons. The highest BCUT2D eigenvalue weighted by Crippen LogP contribution is 2.37. The maximum Gasteiger partial charge on any atom is 0.410 e. The van der Waals surface area contributed by atoms with Gasteiger partial charge in [0.2, 0.25) is 5.28 Å². The third-order valence-corrected chi connectivity index (χ3v) is 5.93. The van der Waals surface area contributed by atoms with Crippen molar-refractivity contribution < 1.29 is 19.1 Å². The Morgan fingerprint density at radius 1 is 1.17 bits per heavy atom. The summed E-state index contributed by atoms with van der Waals surface area (Å²) in [6, 6.07) is 0. The number of hydrogen-bond donors (Lipinski definition) is 0. The van der Waals surface area contributed by atoms with Gasteiger partial charge in [-0.15, -0.1) is 11.3 Å². The lowest BCUT2D eigenvalue weighted by Gasteiger charge is -2.36. The minimum absolute atomic E-state index is 0.127. The zero-order valence-corrected chi connectivity index (χ0v) is 19.5. The fraction of sp³-hybridized carbons (Fsp3) is 0.600. The predicted molar refractivity (Wildman–Crippen MR) is 118 cm³/mol. The number of aryl methyl sites for hydroxylation is 1. The van der Waals surface area contributed by atoms with Crippen LogP contribution in [0.1, 0.15) is 49.4 Å². The highest BCUT2D eigenvalue weighted by atomic mass is 35.5. The molecule has 3 rings (SSSR count). The molecule has 1 aliphatic heterocycles. The molecule has 0 spiro atoms. The fourth-order valence-electron chi connectivity index (χ4n) is 3.20. The molecule has 2 aromatic rings. The standard InChI is InChI=1S/C20H27ClN4O4S/c1-6-11-28-17(26)14-12(2)13-15(22-18(21)23-16(13)30-14)24-7-9-25(10-8-24)19(27)29-20(3,4)5/h6-11H2,1-5H3. The fourth-order valence-corrected chi connectivity index (χ4v) is 4.49. The van der Waals surface area contributed by atoms with Gasteiger partial charge >= 0.3 is 12.1 Å². The topological polar surface area (TPSA) is 84.9 Å². The summed E-state index contributed by atoms with van der Waals surface area (Å²) in [5.74, 6) is 0.325. The van der Waals surface area contributed by atoms with Crippen LogP contribution in [-0.2, 0) is 9.47 Å². The van der Waals surface area contributed by atoms with Crippen molar-refractivity contribution in [3.05, 3.63) is 15.7 Å². The molecule has 0 aliphatic carbocycles. The van der Waals surface area contributed by atoms with Crippen LogP contribution in [-0.4, -0.2) is 65.3 Å². The first-order valence-electron chi connectivity index (χ1n) is 9.97. The third-order valence-electron chi connectivity index (χ3n) is 4.60. The van der Waals surface area contributed by atoms with Crippen molar-refractivity contribution in [2.75, 3.05) is 37.7 Å². The number of nitrogens with zero attached hydrogens (tertiary/aromatic N) is 4. The summed E-state index contributed by atoms with van der Waals surface area (Å²) in [5, 5.41) is 0.931. The summed E-state index contributed by atoms with van der Waals surface area (Å²) in [7, 11) is 0. The normalized spacial score (nSPS) is 14.9. The van der Waals surface area contributed by atoms with Gasteiger partial charge in [0.1, 0.15) is 21.1 Å². The number of aromatic nitrogens is 2. The lowest BCUT2D eigenvalue weighted by Crippen LogP contribution is -2.50. The van der Waals surface area contributed by atoms with Gasteiger partial charge in [0.25, 0.3) is 0 Å². The Morgan fingerprint density at radius 3 is 2.43 bits per heavy atom. The molecule has 1 aliphatic rings. The molecule has 0 bridgehead atoms. The number of rotatable bonds is 4. The molecule has 8 nitrogen and oxygen atoms in total. The number of ether oxygens (including phenoxy) is 2. The molecule has 0 saturated carbocycles. The van der Waals surface area contributed by atoms with Crippen LogP contribution in [0, 0.1) is 6.92 Å². The van der Waals surface area contributed by atoms with E-state index in [4.69, 9.17) is 21.1 Å². The molecular formula is C20H27ClN4O4S. The lowest BCUT2D eigenvalue weighted by molar-refractivity contribution is 0.0240. The summed E-state index contributed by atoms with van der Waals surface area (Å²) in [6.45, 7) is 11.9. The van der Waals surface area contributed by atoms with Gasteiger partial charge in [-0.25, -0.2) is 14.6 Å². The Hall–Kier alpha value is -2.13. The van der Waals surface area contributed by atoms with E-state index in [-0.39, 0.29) is 17.3 Å². The van der Waals surface area contributed by atoms with Crippen molar-refractivity contribution in [2.45, 2.75) is 46.6 Å². The Labute approximate surface area is 185 Å². The number of esters is 1. The first kappa shape index (κ1) is 22.6. The number of thiophene rings is 1. The number of amides is 1. The summed E-state index contributed by atoms with van der Waals surface area (Å²) in [4.78, 5) is 38.5. The molecule has 2 aromatic heterocycles. The van der Waals surface area contributed by atoms with Gasteiger partial charge in [-0.2, -0.15) is 4.98 Å². The van der Waals surface area contributed by atoms with E-state index in [0.29, 0.717) is 48.3 Å². The number of anilines is 1. The van der Waals surface area contributed by atoms with E-state index in [1.807, 2.05) is 34.6 Å². The van der Waals surface area contributed by atoms with Gasteiger partial charge in [0.05, 0.1) is 12.0 Å². The van der Waals surface area contributed by atoms with Gasteiger partial charge in [-0.05, 0) is 51.3 Å². The zero-order valence-electron chi connectivity index (χ0n) is 18.0. The summed E-state index contributed by atoms with van der Waals surface area (Å²) in [5.41, 5.74) is 0.259. The summed E-state index contributed by atoms with van der Waals surface area (Å²) >= 11 is 7.44. The largest absolute Gasteiger partial charge is 0.462 e. The van der Waals surface area contributed by atoms with E-state index in [1.54, 1.807) is 4.90 Å². The van der Waals surface area contributed by atoms with Crippen molar-refractivity contribution >= 4 is 51.0 Å². The molecular weight excluding hydrogens is 428 g/mol. The molecule has 1 saturated heterocycles. The molecule has 1 amide bonds. The molecule has 0 N–H and O–H groups in total. The quantitative estimate of drug-likeness (QED) is 0.503. The molecule has 1 fully saturated rings. The highest BCUT2D eigenvalue weighted by molar-refractivity contribution is 7.20. The highest BCUT2D eigenvalue weighted by Gasteiger charge is 2.29. The lowest BCUT2D eigenvalue weighted by atomic mass is 10.2. The van der Waals surface area contributed by atoms with E-state index in [1.165, 1.54) is 11.3 Å². The summed E-state index contributed by atoms with van der Waals surface area (Å²) < 4.78 is 10.8. The molecule has 0 aromatic carbocycles. The van der Waals surface area contributed by atoms with Crippen molar-refractivity contribution in [1.82, 2.24) is 14.9 Å². The van der Waals surface area contributed by atoms with Crippen LogP contribution >= 0.6 is 22.9 Å². The van der Waals surface area contributed by atoms with Crippen LogP contribution < -0.4 is 4.90 Å². The Kier molecular flexibility index (Phi) is 6.71. The van der Waals surface area contributed by atoms with E-state index in [0.717, 1.165) is 17.4 Å². The van der Waals surface area contributed by atoms with Crippen molar-refractivity contribution in [3.63, 3.8) is 0 Å².